The number of nitrogens with zero attached hydrogens (tertiary/aromatic N) is 3. The minimum Gasteiger partial charge on any atom is -0.478 e. The van der Waals surface area contributed by atoms with Crippen LogP contribution in [0, 0.1) is 3.57 Å². The fourth-order valence-electron chi connectivity index (χ4n) is 3.32. The molecule has 0 aliphatic rings. The molecule has 0 N–H and O–H groups in total. The van der Waals surface area contributed by atoms with Gasteiger partial charge in [-0.3, -0.25) is 4.79 Å². The second-order valence-corrected chi connectivity index (χ2v) is 8.54. The molecular weight excluding hydrogens is 545 g/mol. The third-order valence-electron chi connectivity index (χ3n) is 4.99. The SMILES string of the molecule is CCOC(=O)[C@@H](C)Oc1ccc(C=Nn2c(-c3ccccc3)nc3ccccc3c2=O)cc1I. The molecule has 0 bridgehead atoms. The summed E-state index contributed by atoms with van der Waals surface area (Å²) in [5.74, 6) is 0.604. The monoisotopic (exact) mass is 567 g/mol. The number of para-hydroxylation sites is 1. The van der Waals surface area contributed by atoms with Gasteiger partial charge in [0, 0.05) is 5.56 Å². The van der Waals surface area contributed by atoms with Crippen molar-refractivity contribution >= 4 is 45.7 Å². The van der Waals surface area contributed by atoms with Gasteiger partial charge in [0.2, 0.25) is 0 Å². The molecule has 0 spiro atoms. The largest absolute Gasteiger partial charge is 0.478 e. The van der Waals surface area contributed by atoms with Crippen LogP contribution in [-0.2, 0) is 9.53 Å². The molecule has 1 heterocycles. The molecule has 3 aromatic carbocycles. The number of hydrogen-bond acceptors (Lipinski definition) is 6. The Hall–Kier alpha value is -3.53. The molecule has 0 aliphatic heterocycles. The van der Waals surface area contributed by atoms with Crippen LogP contribution in [0.15, 0.2) is 82.7 Å². The highest BCUT2D eigenvalue weighted by atomic mass is 127. The van der Waals surface area contributed by atoms with Crippen LogP contribution in [0.3, 0.4) is 0 Å². The van der Waals surface area contributed by atoms with E-state index in [0.29, 0.717) is 29.1 Å². The molecular formula is C26H22IN3O4. The minimum absolute atomic E-state index is 0.251. The third-order valence-corrected chi connectivity index (χ3v) is 5.83. The van der Waals surface area contributed by atoms with Crippen molar-refractivity contribution in [2.75, 3.05) is 6.61 Å². The van der Waals surface area contributed by atoms with E-state index in [2.05, 4.69) is 27.7 Å². The summed E-state index contributed by atoms with van der Waals surface area (Å²) in [6, 6.07) is 22.1. The Balaban J connectivity index is 1.69. The fourth-order valence-corrected chi connectivity index (χ4v) is 3.99. The van der Waals surface area contributed by atoms with Crippen LogP contribution in [0.4, 0.5) is 0 Å². The first-order chi connectivity index (χ1) is 16.5. The van der Waals surface area contributed by atoms with E-state index >= 15 is 0 Å². The lowest BCUT2D eigenvalue weighted by atomic mass is 10.2. The Morgan fingerprint density at radius 2 is 1.85 bits per heavy atom. The fraction of sp³-hybridized carbons (Fsp3) is 0.154. The normalized spacial score (nSPS) is 12.1. The predicted octanol–water partition coefficient (Wildman–Crippen LogP) is 4.88. The molecule has 0 unspecified atom stereocenters. The zero-order chi connectivity index (χ0) is 24.1. The van der Waals surface area contributed by atoms with Crippen LogP contribution in [0.2, 0.25) is 0 Å². The summed E-state index contributed by atoms with van der Waals surface area (Å²) in [6.07, 6.45) is 0.883. The maximum absolute atomic E-state index is 13.2. The number of halogens is 1. The summed E-state index contributed by atoms with van der Waals surface area (Å²) in [7, 11) is 0. The third kappa shape index (κ3) is 5.17. The molecule has 1 aromatic heterocycles. The van der Waals surface area contributed by atoms with E-state index in [0.717, 1.165) is 14.7 Å². The number of aromatic nitrogens is 2. The van der Waals surface area contributed by atoms with E-state index in [-0.39, 0.29) is 5.56 Å². The second-order valence-electron chi connectivity index (χ2n) is 7.38. The predicted molar refractivity (Wildman–Crippen MR) is 140 cm³/mol. The highest BCUT2D eigenvalue weighted by Gasteiger charge is 2.17. The van der Waals surface area contributed by atoms with Crippen LogP contribution in [0.25, 0.3) is 22.3 Å². The van der Waals surface area contributed by atoms with Crippen LogP contribution in [0.5, 0.6) is 5.75 Å². The second kappa shape index (κ2) is 10.6. The van der Waals surface area contributed by atoms with Gasteiger partial charge in [0.1, 0.15) is 5.75 Å². The number of ether oxygens (including phenoxy) is 2. The lowest BCUT2D eigenvalue weighted by Crippen LogP contribution is -2.26. The van der Waals surface area contributed by atoms with Crippen LogP contribution in [-0.4, -0.2) is 34.6 Å². The van der Waals surface area contributed by atoms with Gasteiger partial charge < -0.3 is 9.47 Å². The van der Waals surface area contributed by atoms with Gasteiger partial charge in [-0.2, -0.15) is 9.78 Å². The Kier molecular flexibility index (Phi) is 7.36. The Labute approximate surface area is 210 Å². The van der Waals surface area contributed by atoms with E-state index in [1.165, 1.54) is 4.68 Å². The van der Waals surface area contributed by atoms with Crippen molar-refractivity contribution in [1.29, 1.82) is 0 Å². The standard InChI is InChI=1S/C26H22IN3O4/c1-3-33-26(32)17(2)34-23-14-13-18(15-21(23)27)16-28-30-24(19-9-5-4-6-10-19)29-22-12-8-7-11-20(22)25(30)31/h4-17H,3H2,1-2H3/t17-/m1/s1. The van der Waals surface area contributed by atoms with Crippen molar-refractivity contribution in [3.05, 3.63) is 92.3 Å². The highest BCUT2D eigenvalue weighted by molar-refractivity contribution is 14.1. The maximum atomic E-state index is 13.2. The van der Waals surface area contributed by atoms with Gasteiger partial charge in [0.05, 0.1) is 27.3 Å². The first kappa shape index (κ1) is 23.6. The number of hydrogen-bond donors (Lipinski definition) is 0. The van der Waals surface area contributed by atoms with E-state index < -0.39 is 12.1 Å². The van der Waals surface area contributed by atoms with Gasteiger partial charge >= 0.3 is 5.97 Å². The zero-order valence-corrected chi connectivity index (χ0v) is 20.8. The van der Waals surface area contributed by atoms with Crippen molar-refractivity contribution in [1.82, 2.24) is 9.66 Å². The van der Waals surface area contributed by atoms with Gasteiger partial charge in [-0.1, -0.05) is 42.5 Å². The molecule has 0 radical (unpaired) electrons. The zero-order valence-electron chi connectivity index (χ0n) is 18.6. The molecule has 0 saturated carbocycles. The molecule has 4 rings (SSSR count). The first-order valence-corrected chi connectivity index (χ1v) is 11.8. The molecule has 7 nitrogen and oxygen atoms in total. The number of carbonyl (C=O) groups is 1. The number of fused-ring (bicyclic) bond motifs is 1. The molecule has 1 atom stereocenters. The molecule has 4 aromatic rings. The van der Waals surface area contributed by atoms with Gasteiger partial charge in [0.25, 0.3) is 5.56 Å². The van der Waals surface area contributed by atoms with Gasteiger partial charge in [-0.25, -0.2) is 9.78 Å². The van der Waals surface area contributed by atoms with Crippen molar-refractivity contribution in [2.24, 2.45) is 5.10 Å². The Morgan fingerprint density at radius 1 is 1.12 bits per heavy atom. The summed E-state index contributed by atoms with van der Waals surface area (Å²) in [4.78, 5) is 29.8. The first-order valence-electron chi connectivity index (χ1n) is 10.7. The average Bonchev–Trinajstić information content (AvgIpc) is 2.85. The van der Waals surface area contributed by atoms with Gasteiger partial charge in [-0.15, -0.1) is 0 Å². The maximum Gasteiger partial charge on any atom is 0.347 e. The van der Waals surface area contributed by atoms with E-state index in [4.69, 9.17) is 14.5 Å². The smallest absolute Gasteiger partial charge is 0.347 e. The van der Waals surface area contributed by atoms with Crippen LogP contribution >= 0.6 is 22.6 Å². The highest BCUT2D eigenvalue weighted by Crippen LogP contribution is 2.23. The van der Waals surface area contributed by atoms with Gasteiger partial charge in [0.15, 0.2) is 11.9 Å². The number of esters is 1. The number of rotatable bonds is 7. The van der Waals surface area contributed by atoms with Crippen molar-refractivity contribution < 1.29 is 14.3 Å². The molecule has 0 aliphatic carbocycles. The Bertz CT molecular complexity index is 1420. The molecule has 0 saturated heterocycles. The van der Waals surface area contributed by atoms with Crippen molar-refractivity contribution in [2.45, 2.75) is 20.0 Å². The quantitative estimate of drug-likeness (QED) is 0.181. The summed E-state index contributed by atoms with van der Waals surface area (Å²) in [6.45, 7) is 3.70. The molecule has 8 heteroatoms. The summed E-state index contributed by atoms with van der Waals surface area (Å²) in [5, 5.41) is 4.98. The van der Waals surface area contributed by atoms with E-state index in [1.54, 1.807) is 44.3 Å². The minimum atomic E-state index is -0.719. The van der Waals surface area contributed by atoms with E-state index in [1.807, 2.05) is 48.5 Å². The Morgan fingerprint density at radius 3 is 2.59 bits per heavy atom. The van der Waals surface area contributed by atoms with E-state index in [9.17, 15) is 9.59 Å². The molecule has 172 valence electrons. The van der Waals surface area contributed by atoms with Gasteiger partial charge in [-0.05, 0) is 72.3 Å². The summed E-state index contributed by atoms with van der Waals surface area (Å²) >= 11 is 2.13. The van der Waals surface area contributed by atoms with Crippen molar-refractivity contribution in [3.8, 4) is 17.1 Å². The number of benzene rings is 3. The van der Waals surface area contributed by atoms with Crippen LogP contribution < -0.4 is 10.3 Å². The van der Waals surface area contributed by atoms with Crippen molar-refractivity contribution in [3.63, 3.8) is 0 Å². The summed E-state index contributed by atoms with van der Waals surface area (Å²) in [5.41, 5.74) is 1.91. The van der Waals surface area contributed by atoms with Crippen LogP contribution in [0.1, 0.15) is 19.4 Å². The lowest BCUT2D eigenvalue weighted by Gasteiger charge is -2.14. The lowest BCUT2D eigenvalue weighted by molar-refractivity contribution is -0.150. The topological polar surface area (TPSA) is 82.8 Å². The average molecular weight is 567 g/mol. The number of carbonyl (C=O) groups excluding carboxylic acids is 1. The molecule has 34 heavy (non-hydrogen) atoms. The molecule has 0 fully saturated rings. The summed E-state index contributed by atoms with van der Waals surface area (Å²) < 4.78 is 12.8. The molecule has 0 amide bonds.